The molecule has 2 aromatic carbocycles. The number of carbonyl (C=O) groups is 1. The van der Waals surface area contributed by atoms with Crippen LogP contribution in [0.4, 0.5) is 0 Å². The van der Waals surface area contributed by atoms with Crippen molar-refractivity contribution in [2.24, 2.45) is 0 Å². The van der Waals surface area contributed by atoms with Gasteiger partial charge in [0.25, 0.3) is 0 Å². The molecule has 0 unspecified atom stereocenters. The van der Waals surface area contributed by atoms with Crippen molar-refractivity contribution in [3.05, 3.63) is 65.2 Å². The molecule has 0 aliphatic rings. The van der Waals surface area contributed by atoms with E-state index in [1.54, 1.807) is 24.6 Å². The minimum atomic E-state index is -3.53. The summed E-state index contributed by atoms with van der Waals surface area (Å²) < 4.78 is 34.1. The van der Waals surface area contributed by atoms with Crippen molar-refractivity contribution in [1.29, 1.82) is 0 Å². The van der Waals surface area contributed by atoms with Crippen LogP contribution in [0.15, 0.2) is 58.8 Å². The average Bonchev–Trinajstić information content (AvgIpc) is 3.14. The Bertz CT molecular complexity index is 1070. The third kappa shape index (κ3) is 4.53. The molecule has 6 nitrogen and oxygen atoms in total. The second-order valence-electron chi connectivity index (χ2n) is 5.72. The number of hydrogen-bond donors (Lipinski definition) is 0. The van der Waals surface area contributed by atoms with Crippen LogP contribution in [0.2, 0.25) is 0 Å². The molecule has 0 aliphatic carbocycles. The van der Waals surface area contributed by atoms with Crippen molar-refractivity contribution in [2.75, 3.05) is 13.4 Å². The van der Waals surface area contributed by atoms with Crippen LogP contribution in [0, 0.1) is 0 Å². The maximum Gasteiger partial charge on any atom is 0.339 e. The molecule has 0 radical (unpaired) electrons. The van der Waals surface area contributed by atoms with E-state index in [2.05, 4.69) is 4.98 Å². The lowest BCUT2D eigenvalue weighted by atomic mass is 10.2. The first kappa shape index (κ1) is 19.1. The highest BCUT2D eigenvalue weighted by Gasteiger charge is 2.19. The molecule has 0 amide bonds. The maximum absolute atomic E-state index is 12.3. The van der Waals surface area contributed by atoms with Gasteiger partial charge in [0.05, 0.1) is 23.3 Å². The molecule has 27 heavy (non-hydrogen) atoms. The van der Waals surface area contributed by atoms with E-state index >= 15 is 0 Å². The summed E-state index contributed by atoms with van der Waals surface area (Å²) in [5, 5.41) is 2.57. The zero-order valence-electron chi connectivity index (χ0n) is 14.7. The summed E-state index contributed by atoms with van der Waals surface area (Å²) in [6.45, 7) is -0.0442. The number of carbonyl (C=O) groups excluding carboxylic acids is 1. The number of aromatic nitrogens is 1. The van der Waals surface area contributed by atoms with Gasteiger partial charge >= 0.3 is 5.97 Å². The molecular formula is C19H17NO5S2. The number of rotatable bonds is 6. The van der Waals surface area contributed by atoms with Gasteiger partial charge in [-0.2, -0.15) is 0 Å². The zero-order chi connectivity index (χ0) is 19.4. The number of esters is 1. The minimum absolute atomic E-state index is 0.0169. The first-order valence-electron chi connectivity index (χ1n) is 7.93. The molecule has 0 N–H and O–H groups in total. The SMILES string of the molecule is COc1cccc(-c2nc(COC(=O)c3ccccc3S(C)(=O)=O)cs2)c1. The van der Waals surface area contributed by atoms with Crippen LogP contribution in [0.3, 0.4) is 0 Å². The Kier molecular flexibility index (Phi) is 5.57. The lowest BCUT2D eigenvalue weighted by Gasteiger charge is -2.07. The van der Waals surface area contributed by atoms with E-state index in [1.807, 2.05) is 24.3 Å². The average molecular weight is 403 g/mol. The normalized spacial score (nSPS) is 11.2. The third-order valence-electron chi connectivity index (χ3n) is 3.73. The highest BCUT2D eigenvalue weighted by Crippen LogP contribution is 2.27. The molecule has 0 spiro atoms. The Hall–Kier alpha value is -2.71. The Morgan fingerprint density at radius 2 is 1.93 bits per heavy atom. The molecule has 0 aliphatic heterocycles. The van der Waals surface area contributed by atoms with E-state index in [9.17, 15) is 13.2 Å². The molecule has 0 fully saturated rings. The first-order valence-corrected chi connectivity index (χ1v) is 10.7. The van der Waals surface area contributed by atoms with Gasteiger partial charge in [-0.3, -0.25) is 0 Å². The van der Waals surface area contributed by atoms with Gasteiger partial charge in [0.1, 0.15) is 17.4 Å². The quantitative estimate of drug-likeness (QED) is 0.585. The van der Waals surface area contributed by atoms with Crippen LogP contribution < -0.4 is 4.74 Å². The molecule has 1 aromatic heterocycles. The number of benzene rings is 2. The molecule has 8 heteroatoms. The van der Waals surface area contributed by atoms with Crippen molar-refractivity contribution in [3.8, 4) is 16.3 Å². The Morgan fingerprint density at radius 3 is 2.67 bits per heavy atom. The summed E-state index contributed by atoms with van der Waals surface area (Å²) in [5.41, 5.74) is 1.51. The second-order valence-corrected chi connectivity index (χ2v) is 8.56. The van der Waals surface area contributed by atoms with Crippen molar-refractivity contribution >= 4 is 27.1 Å². The standard InChI is InChI=1S/C19H17NO5S2/c1-24-15-7-5-6-13(10-15)18-20-14(12-26-18)11-25-19(21)16-8-3-4-9-17(16)27(2,22)23/h3-10,12H,11H2,1-2H3. The van der Waals surface area contributed by atoms with Gasteiger partial charge in [0.2, 0.25) is 0 Å². The van der Waals surface area contributed by atoms with Gasteiger partial charge in [-0.05, 0) is 24.3 Å². The number of nitrogens with zero attached hydrogens (tertiary/aromatic N) is 1. The van der Waals surface area contributed by atoms with Crippen LogP contribution in [0.5, 0.6) is 5.75 Å². The maximum atomic E-state index is 12.3. The van der Waals surface area contributed by atoms with Gasteiger partial charge in [0.15, 0.2) is 9.84 Å². The van der Waals surface area contributed by atoms with Crippen LogP contribution >= 0.6 is 11.3 Å². The summed E-state index contributed by atoms with van der Waals surface area (Å²) in [7, 11) is -1.93. The number of ether oxygens (including phenoxy) is 2. The van der Waals surface area contributed by atoms with Crippen molar-refractivity contribution < 1.29 is 22.7 Å². The molecule has 3 aromatic rings. The van der Waals surface area contributed by atoms with Gasteiger partial charge in [-0.1, -0.05) is 24.3 Å². The Balaban J connectivity index is 1.73. The Morgan fingerprint density at radius 1 is 1.15 bits per heavy atom. The van der Waals surface area contributed by atoms with Crippen LogP contribution in [0.1, 0.15) is 16.1 Å². The van der Waals surface area contributed by atoms with Gasteiger partial charge in [0, 0.05) is 17.2 Å². The van der Waals surface area contributed by atoms with E-state index in [0.29, 0.717) is 5.69 Å². The van der Waals surface area contributed by atoms with E-state index in [4.69, 9.17) is 9.47 Å². The number of thiazole rings is 1. The summed E-state index contributed by atoms with van der Waals surface area (Å²) in [6, 6.07) is 13.5. The number of hydrogen-bond acceptors (Lipinski definition) is 7. The largest absolute Gasteiger partial charge is 0.497 e. The highest BCUT2D eigenvalue weighted by atomic mass is 32.2. The summed E-state index contributed by atoms with van der Waals surface area (Å²) >= 11 is 1.42. The topological polar surface area (TPSA) is 82.6 Å². The summed E-state index contributed by atoms with van der Waals surface area (Å²) in [4.78, 5) is 16.7. The predicted molar refractivity (Wildman–Crippen MR) is 103 cm³/mol. The lowest BCUT2D eigenvalue weighted by molar-refractivity contribution is 0.0464. The highest BCUT2D eigenvalue weighted by molar-refractivity contribution is 7.90. The van der Waals surface area contributed by atoms with Crippen molar-refractivity contribution in [3.63, 3.8) is 0 Å². The summed E-state index contributed by atoms with van der Waals surface area (Å²) in [5.74, 6) is 0.0278. The third-order valence-corrected chi connectivity index (χ3v) is 5.82. The molecule has 1 heterocycles. The first-order chi connectivity index (χ1) is 12.9. The fraction of sp³-hybridized carbons (Fsp3) is 0.158. The minimum Gasteiger partial charge on any atom is -0.497 e. The Labute approximate surface area is 161 Å². The molecule has 3 rings (SSSR count). The molecule has 0 saturated carbocycles. The van der Waals surface area contributed by atoms with E-state index in [-0.39, 0.29) is 17.1 Å². The zero-order valence-corrected chi connectivity index (χ0v) is 16.3. The van der Waals surface area contributed by atoms with Crippen molar-refractivity contribution in [2.45, 2.75) is 11.5 Å². The van der Waals surface area contributed by atoms with Crippen LogP contribution in [-0.4, -0.2) is 32.7 Å². The number of methoxy groups -OCH3 is 1. The van der Waals surface area contributed by atoms with E-state index in [1.165, 1.54) is 23.5 Å². The van der Waals surface area contributed by atoms with Gasteiger partial charge in [-0.15, -0.1) is 11.3 Å². The van der Waals surface area contributed by atoms with Crippen LogP contribution in [0.25, 0.3) is 10.6 Å². The van der Waals surface area contributed by atoms with Crippen molar-refractivity contribution in [1.82, 2.24) is 4.98 Å². The molecule has 0 bridgehead atoms. The predicted octanol–water partition coefficient (Wildman–Crippen LogP) is 3.58. The van der Waals surface area contributed by atoms with Gasteiger partial charge in [-0.25, -0.2) is 18.2 Å². The number of sulfone groups is 1. The second kappa shape index (κ2) is 7.89. The van der Waals surface area contributed by atoms with Gasteiger partial charge < -0.3 is 9.47 Å². The molecule has 0 saturated heterocycles. The van der Waals surface area contributed by atoms with E-state index in [0.717, 1.165) is 22.6 Å². The fourth-order valence-electron chi connectivity index (χ4n) is 2.44. The van der Waals surface area contributed by atoms with Crippen LogP contribution in [-0.2, 0) is 21.2 Å². The summed E-state index contributed by atoms with van der Waals surface area (Å²) in [6.07, 6.45) is 1.06. The molecule has 140 valence electrons. The molecular weight excluding hydrogens is 386 g/mol. The molecule has 0 atom stereocenters. The lowest BCUT2D eigenvalue weighted by Crippen LogP contribution is -2.11. The van der Waals surface area contributed by atoms with E-state index < -0.39 is 15.8 Å². The monoisotopic (exact) mass is 403 g/mol. The smallest absolute Gasteiger partial charge is 0.339 e. The fourth-order valence-corrected chi connectivity index (χ4v) is 4.12.